The number of hydrogen-bond donors (Lipinski definition) is 2. The lowest BCUT2D eigenvalue weighted by Gasteiger charge is -2.20. The third-order valence-corrected chi connectivity index (χ3v) is 5.67. The quantitative estimate of drug-likeness (QED) is 0.360. The molecule has 172 valence electrons. The van der Waals surface area contributed by atoms with Crippen LogP contribution in [0.4, 0.5) is 4.79 Å². The second kappa shape index (κ2) is 11.7. The smallest absolute Gasteiger partial charge is 0.407 e. The Bertz CT molecular complexity index is 1140. The molecule has 0 spiro atoms. The monoisotopic (exact) mass is 480 g/mol. The van der Waals surface area contributed by atoms with Crippen LogP contribution in [0.25, 0.3) is 22.5 Å². The minimum Gasteiger partial charge on any atom is -0.444 e. The molecule has 0 unspecified atom stereocenters. The molecule has 0 bridgehead atoms. The van der Waals surface area contributed by atoms with Crippen molar-refractivity contribution in [3.05, 3.63) is 81.4 Å². The van der Waals surface area contributed by atoms with Gasteiger partial charge in [-0.25, -0.2) is 14.8 Å². The number of alkyl carbamates (subject to hydrolysis) is 1. The van der Waals surface area contributed by atoms with Crippen molar-refractivity contribution in [2.45, 2.75) is 39.5 Å². The normalized spacial score (nSPS) is 10.8. The number of ether oxygens (including phenoxy) is 1. The summed E-state index contributed by atoms with van der Waals surface area (Å²) in [6, 6.07) is 16.0. The first-order valence-corrected chi connectivity index (χ1v) is 12.4. The van der Waals surface area contributed by atoms with Crippen LogP contribution in [0.15, 0.2) is 70.3 Å². The summed E-state index contributed by atoms with van der Waals surface area (Å²) < 4.78 is 5.23. The van der Waals surface area contributed by atoms with E-state index in [0.29, 0.717) is 13.1 Å². The van der Waals surface area contributed by atoms with Crippen molar-refractivity contribution in [3.63, 3.8) is 0 Å². The van der Waals surface area contributed by atoms with Gasteiger partial charge in [-0.1, -0.05) is 48.5 Å². The number of carbonyl (C=O) groups excluding carboxylic acids is 1. The van der Waals surface area contributed by atoms with Crippen LogP contribution in [-0.2, 0) is 17.8 Å². The molecular weight excluding hydrogens is 452 g/mol. The summed E-state index contributed by atoms with van der Waals surface area (Å²) in [5.41, 5.74) is 15.1. The molecule has 0 saturated carbocycles. The number of nitrogens with zero attached hydrogens (tertiary/aromatic N) is 2. The number of benzene rings is 2. The third-order valence-electron chi connectivity index (χ3n) is 4.49. The van der Waals surface area contributed by atoms with Gasteiger partial charge in [0.2, 0.25) is 0 Å². The van der Waals surface area contributed by atoms with Crippen molar-refractivity contribution in [2.24, 2.45) is 5.73 Å². The number of amides is 1. The van der Waals surface area contributed by atoms with Gasteiger partial charge in [-0.05, 0) is 31.9 Å². The van der Waals surface area contributed by atoms with Crippen molar-refractivity contribution in [2.75, 3.05) is 0 Å². The molecule has 0 aliphatic carbocycles. The van der Waals surface area contributed by atoms with Gasteiger partial charge in [-0.2, -0.15) is 0 Å². The van der Waals surface area contributed by atoms with E-state index in [2.05, 4.69) is 21.4 Å². The van der Waals surface area contributed by atoms with E-state index in [1.165, 1.54) is 0 Å². The number of aromatic nitrogens is 2. The van der Waals surface area contributed by atoms with E-state index < -0.39 is 11.7 Å². The van der Waals surface area contributed by atoms with Gasteiger partial charge in [-0.3, -0.25) is 0 Å². The molecule has 0 radical (unpaired) electrons. The van der Waals surface area contributed by atoms with Gasteiger partial charge in [-0.15, -0.1) is 22.7 Å². The lowest BCUT2D eigenvalue weighted by atomic mass is 10.1. The van der Waals surface area contributed by atoms with Gasteiger partial charge in [0.1, 0.15) is 5.60 Å². The van der Waals surface area contributed by atoms with E-state index in [4.69, 9.17) is 10.5 Å². The van der Waals surface area contributed by atoms with Crippen molar-refractivity contribution >= 4 is 28.8 Å². The highest BCUT2D eigenvalue weighted by atomic mass is 32.1. The van der Waals surface area contributed by atoms with Crippen LogP contribution in [-0.4, -0.2) is 21.7 Å². The Balaban J connectivity index is 0.000000203. The maximum Gasteiger partial charge on any atom is 0.407 e. The molecule has 33 heavy (non-hydrogen) atoms. The van der Waals surface area contributed by atoms with E-state index in [1.807, 2.05) is 79.5 Å². The lowest BCUT2D eigenvalue weighted by Crippen LogP contribution is -2.32. The molecular formula is C25H28N4O2S2. The van der Waals surface area contributed by atoms with E-state index >= 15 is 0 Å². The Hall–Kier alpha value is -3.07. The zero-order chi connectivity index (χ0) is 23.7. The minimum absolute atomic E-state index is 0.411. The lowest BCUT2D eigenvalue weighted by molar-refractivity contribution is 0.0523. The molecule has 2 aromatic heterocycles. The Morgan fingerprint density at radius 1 is 0.909 bits per heavy atom. The summed E-state index contributed by atoms with van der Waals surface area (Å²) in [6.07, 6.45) is -0.411. The second-order valence-corrected chi connectivity index (χ2v) is 9.56. The van der Waals surface area contributed by atoms with Crippen LogP contribution in [0, 0.1) is 0 Å². The SMILES string of the molecule is CC(C)(C)OC(=O)NCc1ccccc1-c1cscn1.NCc1ccccc1-c1cscn1. The number of carbonyl (C=O) groups is 1. The van der Waals surface area contributed by atoms with Crippen LogP contribution >= 0.6 is 22.7 Å². The summed E-state index contributed by atoms with van der Waals surface area (Å²) in [5, 5.41) is 6.80. The number of nitrogens with one attached hydrogen (secondary N) is 1. The first-order chi connectivity index (χ1) is 15.9. The molecule has 3 N–H and O–H groups in total. The first kappa shape index (κ1) is 24.6. The molecule has 0 aliphatic heterocycles. The molecule has 1 amide bonds. The number of rotatable bonds is 5. The number of thiazole rings is 2. The number of nitrogens with two attached hydrogens (primary N) is 1. The fourth-order valence-corrected chi connectivity index (χ4v) is 4.15. The molecule has 0 saturated heterocycles. The first-order valence-electron chi connectivity index (χ1n) is 10.5. The largest absolute Gasteiger partial charge is 0.444 e. The Morgan fingerprint density at radius 3 is 1.91 bits per heavy atom. The predicted octanol–water partition coefficient (Wildman–Crippen LogP) is 6.10. The summed E-state index contributed by atoms with van der Waals surface area (Å²) in [7, 11) is 0. The maximum atomic E-state index is 11.7. The number of hydrogen-bond acceptors (Lipinski definition) is 7. The summed E-state index contributed by atoms with van der Waals surface area (Å²) in [4.78, 5) is 20.2. The van der Waals surface area contributed by atoms with E-state index in [0.717, 1.165) is 33.6 Å². The molecule has 2 heterocycles. The average molecular weight is 481 g/mol. The predicted molar refractivity (Wildman–Crippen MR) is 136 cm³/mol. The van der Waals surface area contributed by atoms with E-state index in [1.54, 1.807) is 28.2 Å². The van der Waals surface area contributed by atoms with Crippen LogP contribution in [0.3, 0.4) is 0 Å². The van der Waals surface area contributed by atoms with Gasteiger partial charge in [0, 0.05) is 35.0 Å². The van der Waals surface area contributed by atoms with E-state index in [-0.39, 0.29) is 0 Å². The zero-order valence-corrected chi connectivity index (χ0v) is 20.6. The Morgan fingerprint density at radius 2 is 1.42 bits per heavy atom. The highest BCUT2D eigenvalue weighted by Crippen LogP contribution is 2.24. The van der Waals surface area contributed by atoms with Crippen LogP contribution in [0.1, 0.15) is 31.9 Å². The van der Waals surface area contributed by atoms with Gasteiger partial charge < -0.3 is 15.8 Å². The fourth-order valence-electron chi connectivity index (χ4n) is 3.05. The fraction of sp³-hybridized carbons (Fsp3) is 0.240. The summed E-state index contributed by atoms with van der Waals surface area (Å²) in [5.74, 6) is 0. The van der Waals surface area contributed by atoms with Gasteiger partial charge >= 0.3 is 6.09 Å². The molecule has 6 nitrogen and oxygen atoms in total. The van der Waals surface area contributed by atoms with Gasteiger partial charge in [0.15, 0.2) is 0 Å². The van der Waals surface area contributed by atoms with Gasteiger partial charge in [0.25, 0.3) is 0 Å². The van der Waals surface area contributed by atoms with Gasteiger partial charge in [0.05, 0.1) is 22.4 Å². The minimum atomic E-state index is -0.488. The maximum absolute atomic E-state index is 11.7. The topological polar surface area (TPSA) is 90.1 Å². The molecule has 0 atom stereocenters. The summed E-state index contributed by atoms with van der Waals surface area (Å²) in [6.45, 7) is 6.51. The van der Waals surface area contributed by atoms with Crippen molar-refractivity contribution in [1.29, 1.82) is 0 Å². The second-order valence-electron chi connectivity index (χ2n) is 8.12. The van der Waals surface area contributed by atoms with Crippen molar-refractivity contribution < 1.29 is 9.53 Å². The van der Waals surface area contributed by atoms with Crippen LogP contribution in [0.5, 0.6) is 0 Å². The Labute approximate surface area is 202 Å². The summed E-state index contributed by atoms with van der Waals surface area (Å²) >= 11 is 3.15. The van der Waals surface area contributed by atoms with Crippen LogP contribution < -0.4 is 11.1 Å². The highest BCUT2D eigenvalue weighted by Gasteiger charge is 2.16. The molecule has 4 aromatic rings. The zero-order valence-electron chi connectivity index (χ0n) is 18.9. The molecule has 8 heteroatoms. The molecule has 4 rings (SSSR count). The average Bonchev–Trinajstić information content (AvgIpc) is 3.52. The third kappa shape index (κ3) is 7.49. The van der Waals surface area contributed by atoms with E-state index in [9.17, 15) is 4.79 Å². The van der Waals surface area contributed by atoms with Crippen molar-refractivity contribution in [3.8, 4) is 22.5 Å². The Kier molecular flexibility index (Phi) is 8.71. The molecule has 0 fully saturated rings. The van der Waals surface area contributed by atoms with Crippen molar-refractivity contribution in [1.82, 2.24) is 15.3 Å². The van der Waals surface area contributed by atoms with Crippen LogP contribution in [0.2, 0.25) is 0 Å². The molecule has 2 aromatic carbocycles. The molecule has 0 aliphatic rings. The standard InChI is InChI=1S/C15H18N2O2S.C10H10N2S/c1-15(2,3)19-14(18)16-8-11-6-4-5-7-12(11)13-9-20-10-17-13;11-5-8-3-1-2-4-9(8)10-6-13-7-12-10/h4-7,9-10H,8H2,1-3H3,(H,16,18);1-4,6-7H,5,11H2. The highest BCUT2D eigenvalue weighted by molar-refractivity contribution is 7.08.